The topological polar surface area (TPSA) is 44.4 Å². The van der Waals surface area contributed by atoms with Crippen molar-refractivity contribution in [1.82, 2.24) is 15.5 Å². The van der Waals surface area contributed by atoms with Gasteiger partial charge in [0.05, 0.1) is 6.54 Å². The number of rotatable bonds is 7. The van der Waals surface area contributed by atoms with Crippen LogP contribution in [0.15, 0.2) is 0 Å². The average molecular weight is 241 g/mol. The fourth-order valence-corrected chi connectivity index (χ4v) is 2.20. The number of nitrogens with one attached hydrogen (secondary N) is 2. The molecule has 0 saturated heterocycles. The van der Waals surface area contributed by atoms with Crippen molar-refractivity contribution in [2.24, 2.45) is 0 Å². The Morgan fingerprint density at radius 1 is 1.41 bits per heavy atom. The Bertz CT molecular complexity index is 249. The zero-order valence-corrected chi connectivity index (χ0v) is 11.7. The fourth-order valence-electron chi connectivity index (χ4n) is 2.20. The maximum Gasteiger partial charge on any atom is 0.234 e. The number of likely N-dealkylation sites (N-methyl/N-ethyl adjacent to an activating group) is 1. The average Bonchev–Trinajstić information content (AvgIpc) is 2.21. The van der Waals surface area contributed by atoms with Crippen LogP contribution in [0.3, 0.4) is 0 Å². The SMILES string of the molecule is CCC(C)NC(=O)CNCC1(N(C)C)CCC1. The van der Waals surface area contributed by atoms with Gasteiger partial charge in [-0.2, -0.15) is 0 Å². The van der Waals surface area contributed by atoms with Gasteiger partial charge in [-0.1, -0.05) is 6.92 Å². The molecule has 1 rings (SSSR count). The Kier molecular flexibility index (Phi) is 5.40. The fraction of sp³-hybridized carbons (Fsp3) is 0.923. The molecule has 4 heteroatoms. The Morgan fingerprint density at radius 2 is 2.06 bits per heavy atom. The van der Waals surface area contributed by atoms with Gasteiger partial charge in [-0.25, -0.2) is 0 Å². The van der Waals surface area contributed by atoms with Crippen molar-refractivity contribution in [2.45, 2.75) is 51.1 Å². The van der Waals surface area contributed by atoms with E-state index in [-0.39, 0.29) is 17.5 Å². The lowest BCUT2D eigenvalue weighted by Crippen LogP contribution is -2.57. The number of carbonyl (C=O) groups excluding carboxylic acids is 1. The second kappa shape index (κ2) is 6.36. The van der Waals surface area contributed by atoms with Crippen LogP contribution in [0.1, 0.15) is 39.5 Å². The van der Waals surface area contributed by atoms with Crippen LogP contribution in [0.4, 0.5) is 0 Å². The van der Waals surface area contributed by atoms with E-state index in [0.29, 0.717) is 6.54 Å². The second-order valence-electron chi connectivity index (χ2n) is 5.45. The monoisotopic (exact) mass is 241 g/mol. The standard InChI is InChI=1S/C13H27N3O/c1-5-11(2)15-12(17)9-14-10-13(16(3)4)7-6-8-13/h11,14H,5-10H2,1-4H3,(H,15,17). The van der Waals surface area contributed by atoms with Crippen LogP contribution in [-0.4, -0.2) is 49.6 Å². The smallest absolute Gasteiger partial charge is 0.234 e. The van der Waals surface area contributed by atoms with Gasteiger partial charge < -0.3 is 15.5 Å². The molecule has 1 unspecified atom stereocenters. The lowest BCUT2D eigenvalue weighted by atomic mass is 9.75. The zero-order chi connectivity index (χ0) is 12.9. The molecule has 0 bridgehead atoms. The van der Waals surface area contributed by atoms with Gasteiger partial charge in [-0.15, -0.1) is 0 Å². The summed E-state index contributed by atoms with van der Waals surface area (Å²) in [7, 11) is 4.25. The second-order valence-corrected chi connectivity index (χ2v) is 5.45. The molecule has 0 radical (unpaired) electrons. The van der Waals surface area contributed by atoms with Gasteiger partial charge in [0.1, 0.15) is 0 Å². The first-order chi connectivity index (χ1) is 8.00. The highest BCUT2D eigenvalue weighted by Crippen LogP contribution is 2.35. The number of nitrogens with zero attached hydrogens (tertiary/aromatic N) is 1. The van der Waals surface area contributed by atoms with Crippen LogP contribution in [0.25, 0.3) is 0 Å². The highest BCUT2D eigenvalue weighted by atomic mass is 16.1. The minimum Gasteiger partial charge on any atom is -0.353 e. The molecule has 0 aromatic heterocycles. The molecule has 1 aliphatic rings. The molecule has 100 valence electrons. The lowest BCUT2D eigenvalue weighted by Gasteiger charge is -2.47. The summed E-state index contributed by atoms with van der Waals surface area (Å²) in [5, 5.41) is 6.25. The van der Waals surface area contributed by atoms with E-state index in [4.69, 9.17) is 0 Å². The summed E-state index contributed by atoms with van der Waals surface area (Å²) >= 11 is 0. The largest absolute Gasteiger partial charge is 0.353 e. The number of hydrogen-bond donors (Lipinski definition) is 2. The molecule has 0 aliphatic heterocycles. The van der Waals surface area contributed by atoms with Crippen LogP contribution in [0, 0.1) is 0 Å². The van der Waals surface area contributed by atoms with Crippen LogP contribution in [-0.2, 0) is 4.79 Å². The van der Waals surface area contributed by atoms with Gasteiger partial charge in [0.2, 0.25) is 5.91 Å². The molecular weight excluding hydrogens is 214 g/mol. The van der Waals surface area contributed by atoms with Crippen LogP contribution in [0.5, 0.6) is 0 Å². The molecule has 2 N–H and O–H groups in total. The molecule has 0 aromatic rings. The molecule has 1 atom stereocenters. The Balaban J connectivity index is 2.21. The van der Waals surface area contributed by atoms with E-state index < -0.39 is 0 Å². The summed E-state index contributed by atoms with van der Waals surface area (Å²) in [6, 6.07) is 0.274. The molecule has 1 saturated carbocycles. The first-order valence-corrected chi connectivity index (χ1v) is 6.67. The predicted molar refractivity (Wildman–Crippen MR) is 71.0 cm³/mol. The first kappa shape index (κ1) is 14.5. The van der Waals surface area contributed by atoms with Crippen LogP contribution in [0.2, 0.25) is 0 Å². The molecule has 1 aliphatic carbocycles. The lowest BCUT2D eigenvalue weighted by molar-refractivity contribution is -0.121. The zero-order valence-electron chi connectivity index (χ0n) is 11.7. The summed E-state index contributed by atoms with van der Waals surface area (Å²) in [5.74, 6) is 0.104. The Morgan fingerprint density at radius 3 is 2.47 bits per heavy atom. The Labute approximate surface area is 105 Å². The normalized spacial score (nSPS) is 19.8. The predicted octanol–water partition coefficient (Wildman–Crippen LogP) is 0.975. The van der Waals surface area contributed by atoms with E-state index in [1.54, 1.807) is 0 Å². The number of carbonyl (C=O) groups is 1. The molecular formula is C13H27N3O. The van der Waals surface area contributed by atoms with Crippen molar-refractivity contribution in [3.05, 3.63) is 0 Å². The minimum absolute atomic E-state index is 0.104. The van der Waals surface area contributed by atoms with E-state index in [1.807, 2.05) is 6.92 Å². The summed E-state index contributed by atoms with van der Waals surface area (Å²) in [6.45, 7) is 5.45. The van der Waals surface area contributed by atoms with Crippen molar-refractivity contribution >= 4 is 5.91 Å². The third-order valence-corrected chi connectivity index (χ3v) is 3.99. The van der Waals surface area contributed by atoms with E-state index >= 15 is 0 Å². The van der Waals surface area contributed by atoms with Crippen LogP contribution >= 0.6 is 0 Å². The number of hydrogen-bond acceptors (Lipinski definition) is 3. The van der Waals surface area contributed by atoms with Crippen molar-refractivity contribution in [1.29, 1.82) is 0 Å². The maximum absolute atomic E-state index is 11.6. The van der Waals surface area contributed by atoms with Crippen LogP contribution < -0.4 is 10.6 Å². The Hall–Kier alpha value is -0.610. The van der Waals surface area contributed by atoms with Gasteiger partial charge in [0.15, 0.2) is 0 Å². The van der Waals surface area contributed by atoms with E-state index in [0.717, 1.165) is 13.0 Å². The maximum atomic E-state index is 11.6. The quantitative estimate of drug-likeness (QED) is 0.698. The minimum atomic E-state index is 0.104. The highest BCUT2D eigenvalue weighted by molar-refractivity contribution is 5.78. The van der Waals surface area contributed by atoms with Gasteiger partial charge in [-0.3, -0.25) is 4.79 Å². The summed E-state index contributed by atoms with van der Waals surface area (Å²) in [5.41, 5.74) is 0.288. The third-order valence-electron chi connectivity index (χ3n) is 3.99. The molecule has 1 fully saturated rings. The third kappa shape index (κ3) is 3.96. The number of amides is 1. The van der Waals surface area contributed by atoms with Crippen molar-refractivity contribution in [3.63, 3.8) is 0 Å². The molecule has 0 heterocycles. The molecule has 0 aromatic carbocycles. The highest BCUT2D eigenvalue weighted by Gasteiger charge is 2.38. The van der Waals surface area contributed by atoms with Gasteiger partial charge >= 0.3 is 0 Å². The summed E-state index contributed by atoms with van der Waals surface area (Å²) < 4.78 is 0. The van der Waals surface area contributed by atoms with E-state index in [2.05, 4.69) is 36.6 Å². The summed E-state index contributed by atoms with van der Waals surface area (Å²) in [4.78, 5) is 13.9. The van der Waals surface area contributed by atoms with E-state index in [9.17, 15) is 4.79 Å². The van der Waals surface area contributed by atoms with Crippen molar-refractivity contribution in [3.8, 4) is 0 Å². The summed E-state index contributed by atoms with van der Waals surface area (Å²) in [6.07, 6.45) is 4.76. The molecule has 4 nitrogen and oxygen atoms in total. The van der Waals surface area contributed by atoms with E-state index in [1.165, 1.54) is 19.3 Å². The first-order valence-electron chi connectivity index (χ1n) is 6.67. The molecule has 0 spiro atoms. The van der Waals surface area contributed by atoms with Crippen molar-refractivity contribution < 1.29 is 4.79 Å². The van der Waals surface area contributed by atoms with Gasteiger partial charge in [-0.05, 0) is 46.7 Å². The molecule has 1 amide bonds. The van der Waals surface area contributed by atoms with Gasteiger partial charge in [0.25, 0.3) is 0 Å². The van der Waals surface area contributed by atoms with Crippen molar-refractivity contribution in [2.75, 3.05) is 27.2 Å². The van der Waals surface area contributed by atoms with Gasteiger partial charge in [0, 0.05) is 18.1 Å². The molecule has 17 heavy (non-hydrogen) atoms.